The first-order valence-electron chi connectivity index (χ1n) is 4.68. The fraction of sp³-hybridized carbons (Fsp3) is 0.300. The van der Waals surface area contributed by atoms with Crippen molar-refractivity contribution < 1.29 is 4.79 Å². The molecule has 1 aliphatic rings. The van der Waals surface area contributed by atoms with Gasteiger partial charge in [-0.05, 0) is 25.0 Å². The Kier molecular flexibility index (Phi) is 1.45. The molecule has 0 bridgehead atoms. The SMILES string of the molecule is O=Cc1cn2nc(C3CC3)ccc2n1. The number of carbonyl (C=O) groups excluding carboxylic acids is 1. The molecule has 1 aliphatic carbocycles. The first-order chi connectivity index (χ1) is 6.86. The molecule has 0 amide bonds. The van der Waals surface area contributed by atoms with E-state index in [2.05, 4.69) is 10.1 Å². The Morgan fingerprint density at radius 3 is 3.00 bits per heavy atom. The van der Waals surface area contributed by atoms with Crippen LogP contribution < -0.4 is 0 Å². The summed E-state index contributed by atoms with van der Waals surface area (Å²) >= 11 is 0. The highest BCUT2D eigenvalue weighted by molar-refractivity contribution is 5.72. The maximum atomic E-state index is 10.5. The van der Waals surface area contributed by atoms with Gasteiger partial charge in [0, 0.05) is 5.92 Å². The molecule has 1 saturated carbocycles. The molecule has 0 atom stereocenters. The minimum Gasteiger partial charge on any atom is -0.296 e. The van der Waals surface area contributed by atoms with Gasteiger partial charge >= 0.3 is 0 Å². The predicted molar refractivity (Wildman–Crippen MR) is 50.3 cm³/mol. The zero-order chi connectivity index (χ0) is 9.54. The highest BCUT2D eigenvalue weighted by Crippen LogP contribution is 2.38. The van der Waals surface area contributed by atoms with Crippen molar-refractivity contribution in [2.75, 3.05) is 0 Å². The molecule has 0 aromatic carbocycles. The van der Waals surface area contributed by atoms with E-state index in [-0.39, 0.29) is 0 Å². The van der Waals surface area contributed by atoms with E-state index in [9.17, 15) is 4.79 Å². The van der Waals surface area contributed by atoms with Crippen molar-refractivity contribution >= 4 is 11.9 Å². The average Bonchev–Trinajstić information content (AvgIpc) is 2.97. The van der Waals surface area contributed by atoms with E-state index < -0.39 is 0 Å². The molecule has 1 fully saturated rings. The number of nitrogens with zero attached hydrogens (tertiary/aromatic N) is 3. The van der Waals surface area contributed by atoms with E-state index in [1.807, 2.05) is 12.1 Å². The first-order valence-corrected chi connectivity index (χ1v) is 4.68. The smallest absolute Gasteiger partial charge is 0.170 e. The van der Waals surface area contributed by atoms with Gasteiger partial charge < -0.3 is 0 Å². The van der Waals surface area contributed by atoms with Gasteiger partial charge in [0.25, 0.3) is 0 Å². The molecule has 0 N–H and O–H groups in total. The van der Waals surface area contributed by atoms with Crippen LogP contribution in [0.3, 0.4) is 0 Å². The molecule has 0 spiro atoms. The van der Waals surface area contributed by atoms with Gasteiger partial charge in [0.1, 0.15) is 5.69 Å². The van der Waals surface area contributed by atoms with Crippen LogP contribution in [0.1, 0.15) is 34.9 Å². The second kappa shape index (κ2) is 2.64. The lowest BCUT2D eigenvalue weighted by Gasteiger charge is -1.96. The van der Waals surface area contributed by atoms with Crippen molar-refractivity contribution in [1.29, 1.82) is 0 Å². The summed E-state index contributed by atoms with van der Waals surface area (Å²) in [6.45, 7) is 0. The predicted octanol–water partition coefficient (Wildman–Crippen LogP) is 1.42. The summed E-state index contributed by atoms with van der Waals surface area (Å²) in [5.41, 5.74) is 2.27. The minimum absolute atomic E-state index is 0.436. The minimum atomic E-state index is 0.436. The number of carbonyl (C=O) groups is 1. The molecule has 3 rings (SSSR count). The zero-order valence-corrected chi connectivity index (χ0v) is 7.55. The van der Waals surface area contributed by atoms with Gasteiger partial charge in [0.15, 0.2) is 11.9 Å². The first kappa shape index (κ1) is 7.67. The van der Waals surface area contributed by atoms with Crippen molar-refractivity contribution in [2.45, 2.75) is 18.8 Å². The van der Waals surface area contributed by atoms with E-state index in [0.29, 0.717) is 11.6 Å². The van der Waals surface area contributed by atoms with Gasteiger partial charge in [0.2, 0.25) is 0 Å². The van der Waals surface area contributed by atoms with Crippen molar-refractivity contribution in [1.82, 2.24) is 14.6 Å². The summed E-state index contributed by atoms with van der Waals surface area (Å²) in [5.74, 6) is 0.626. The highest BCUT2D eigenvalue weighted by Gasteiger charge is 2.25. The Balaban J connectivity index is 2.16. The van der Waals surface area contributed by atoms with E-state index >= 15 is 0 Å². The summed E-state index contributed by atoms with van der Waals surface area (Å²) in [5, 5.41) is 4.40. The molecule has 0 saturated heterocycles. The Bertz CT molecular complexity index is 499. The number of hydrogen-bond acceptors (Lipinski definition) is 3. The van der Waals surface area contributed by atoms with Crippen molar-refractivity contribution in [3.05, 3.63) is 29.7 Å². The second-order valence-electron chi connectivity index (χ2n) is 3.62. The number of hydrogen-bond donors (Lipinski definition) is 0. The molecule has 2 aromatic heterocycles. The fourth-order valence-electron chi connectivity index (χ4n) is 1.57. The number of aldehydes is 1. The third-order valence-electron chi connectivity index (χ3n) is 2.48. The number of fused-ring (bicyclic) bond motifs is 1. The summed E-state index contributed by atoms with van der Waals surface area (Å²) in [6, 6.07) is 3.90. The van der Waals surface area contributed by atoms with Crippen molar-refractivity contribution in [2.24, 2.45) is 0 Å². The van der Waals surface area contributed by atoms with E-state index in [0.717, 1.165) is 17.6 Å². The number of rotatable bonds is 2. The largest absolute Gasteiger partial charge is 0.296 e. The molecule has 0 radical (unpaired) electrons. The third kappa shape index (κ3) is 1.11. The fourth-order valence-corrected chi connectivity index (χ4v) is 1.57. The lowest BCUT2D eigenvalue weighted by molar-refractivity contribution is 0.111. The van der Waals surface area contributed by atoms with E-state index in [1.54, 1.807) is 10.7 Å². The van der Waals surface area contributed by atoms with Crippen LogP contribution in [0, 0.1) is 0 Å². The Morgan fingerprint density at radius 1 is 1.43 bits per heavy atom. The van der Waals surface area contributed by atoms with Crippen LogP contribution in [0.15, 0.2) is 18.3 Å². The van der Waals surface area contributed by atoms with Crippen LogP contribution in [-0.2, 0) is 0 Å². The maximum absolute atomic E-state index is 10.5. The molecule has 4 heteroatoms. The Morgan fingerprint density at radius 2 is 2.29 bits per heavy atom. The van der Waals surface area contributed by atoms with Gasteiger partial charge in [-0.15, -0.1) is 0 Å². The lowest BCUT2D eigenvalue weighted by Crippen LogP contribution is -1.94. The van der Waals surface area contributed by atoms with E-state index in [1.165, 1.54) is 12.8 Å². The molecule has 0 aliphatic heterocycles. The van der Waals surface area contributed by atoms with Crippen LogP contribution in [0.2, 0.25) is 0 Å². The number of imidazole rings is 1. The molecule has 2 heterocycles. The molecular weight excluding hydrogens is 178 g/mol. The molecular formula is C10H9N3O. The Hall–Kier alpha value is -1.71. The Labute approximate surface area is 80.6 Å². The summed E-state index contributed by atoms with van der Waals surface area (Å²) in [6.07, 6.45) is 4.86. The normalized spacial score (nSPS) is 16.0. The summed E-state index contributed by atoms with van der Waals surface area (Å²) < 4.78 is 1.68. The molecule has 4 nitrogen and oxygen atoms in total. The second-order valence-corrected chi connectivity index (χ2v) is 3.62. The lowest BCUT2D eigenvalue weighted by atomic mass is 10.3. The molecule has 2 aromatic rings. The molecule has 14 heavy (non-hydrogen) atoms. The van der Waals surface area contributed by atoms with Crippen LogP contribution in [-0.4, -0.2) is 20.9 Å². The topological polar surface area (TPSA) is 47.3 Å². The summed E-state index contributed by atoms with van der Waals surface area (Å²) in [7, 11) is 0. The van der Waals surface area contributed by atoms with Gasteiger partial charge in [-0.25, -0.2) is 9.50 Å². The van der Waals surface area contributed by atoms with Crippen LogP contribution in [0.5, 0.6) is 0 Å². The van der Waals surface area contributed by atoms with Gasteiger partial charge in [-0.2, -0.15) is 5.10 Å². The highest BCUT2D eigenvalue weighted by atomic mass is 16.1. The quantitative estimate of drug-likeness (QED) is 0.668. The molecule has 70 valence electrons. The monoisotopic (exact) mass is 187 g/mol. The van der Waals surface area contributed by atoms with Gasteiger partial charge in [-0.1, -0.05) is 0 Å². The third-order valence-corrected chi connectivity index (χ3v) is 2.48. The zero-order valence-electron chi connectivity index (χ0n) is 7.55. The standard InChI is InChI=1S/C10H9N3O/c14-6-8-5-13-10(11-8)4-3-9(12-13)7-1-2-7/h3-7H,1-2H2. The number of aromatic nitrogens is 3. The molecule has 0 unspecified atom stereocenters. The van der Waals surface area contributed by atoms with Gasteiger partial charge in [-0.3, -0.25) is 4.79 Å². The van der Waals surface area contributed by atoms with Crippen LogP contribution in [0.4, 0.5) is 0 Å². The van der Waals surface area contributed by atoms with Crippen LogP contribution >= 0.6 is 0 Å². The van der Waals surface area contributed by atoms with Crippen LogP contribution in [0.25, 0.3) is 5.65 Å². The van der Waals surface area contributed by atoms with Gasteiger partial charge in [0.05, 0.1) is 11.9 Å². The van der Waals surface area contributed by atoms with E-state index in [4.69, 9.17) is 0 Å². The average molecular weight is 187 g/mol. The summed E-state index contributed by atoms with van der Waals surface area (Å²) in [4.78, 5) is 14.6. The van der Waals surface area contributed by atoms with Crippen molar-refractivity contribution in [3.8, 4) is 0 Å². The maximum Gasteiger partial charge on any atom is 0.170 e. The van der Waals surface area contributed by atoms with Crippen molar-refractivity contribution in [3.63, 3.8) is 0 Å².